The average Bonchev–Trinajstić information content (AvgIpc) is 3.40. The lowest BCUT2D eigenvalue weighted by Crippen LogP contribution is -2.52. The van der Waals surface area contributed by atoms with E-state index >= 15 is 0 Å². The number of piperazine rings is 1. The van der Waals surface area contributed by atoms with Crippen molar-refractivity contribution in [2.24, 2.45) is 0 Å². The van der Waals surface area contributed by atoms with E-state index in [-0.39, 0.29) is 6.04 Å². The van der Waals surface area contributed by atoms with E-state index in [4.69, 9.17) is 0 Å². The summed E-state index contributed by atoms with van der Waals surface area (Å²) in [4.78, 5) is 9.92. The number of pyridine rings is 1. The maximum atomic E-state index is 4.66. The fourth-order valence-electron chi connectivity index (χ4n) is 6.56. The summed E-state index contributed by atoms with van der Waals surface area (Å²) in [6.07, 6.45) is 15.1. The van der Waals surface area contributed by atoms with E-state index < -0.39 is 0 Å². The van der Waals surface area contributed by atoms with Crippen LogP contribution in [-0.4, -0.2) is 67.2 Å². The lowest BCUT2D eigenvalue weighted by molar-refractivity contribution is 0.0613. The van der Waals surface area contributed by atoms with Gasteiger partial charge in [-0.3, -0.25) is 14.8 Å². The van der Waals surface area contributed by atoms with E-state index in [1.54, 1.807) is 0 Å². The molecule has 7 nitrogen and oxygen atoms in total. The van der Waals surface area contributed by atoms with Crippen LogP contribution in [0.4, 0.5) is 0 Å². The lowest BCUT2D eigenvalue weighted by atomic mass is 9.93. The predicted octanol–water partition coefficient (Wildman–Crippen LogP) is 4.77. The molecule has 0 radical (unpaired) electrons. The van der Waals surface area contributed by atoms with Gasteiger partial charge in [0.1, 0.15) is 0 Å². The fraction of sp³-hybridized carbons (Fsp3) is 0.630. The van der Waals surface area contributed by atoms with Crippen molar-refractivity contribution in [1.82, 2.24) is 35.0 Å². The van der Waals surface area contributed by atoms with Crippen LogP contribution in [0.2, 0.25) is 0 Å². The maximum absolute atomic E-state index is 4.66. The smallest absolute Gasteiger partial charge is 0.173 e. The highest BCUT2D eigenvalue weighted by Gasteiger charge is 2.34. The number of benzene rings is 1. The van der Waals surface area contributed by atoms with Gasteiger partial charge in [-0.25, -0.2) is 4.68 Å². The Morgan fingerprint density at radius 2 is 1.53 bits per heavy atom. The Labute approximate surface area is 202 Å². The Kier molecular flexibility index (Phi) is 6.56. The van der Waals surface area contributed by atoms with Crippen LogP contribution in [0.5, 0.6) is 0 Å². The molecule has 34 heavy (non-hydrogen) atoms. The third-order valence-electron chi connectivity index (χ3n) is 8.43. The molecule has 2 aliphatic carbocycles. The maximum Gasteiger partial charge on any atom is 0.173 e. The van der Waals surface area contributed by atoms with Crippen molar-refractivity contribution in [2.75, 3.05) is 26.2 Å². The molecule has 3 aliphatic rings. The minimum Gasteiger partial charge on any atom is -0.298 e. The van der Waals surface area contributed by atoms with Crippen LogP contribution in [0.3, 0.4) is 0 Å². The molecule has 6 rings (SSSR count). The van der Waals surface area contributed by atoms with Crippen LogP contribution in [-0.2, 0) is 0 Å². The monoisotopic (exact) mass is 459 g/mol. The van der Waals surface area contributed by atoms with Gasteiger partial charge >= 0.3 is 0 Å². The molecule has 1 aliphatic heterocycles. The fourth-order valence-corrected chi connectivity index (χ4v) is 6.56. The van der Waals surface area contributed by atoms with Gasteiger partial charge in [-0.1, -0.05) is 50.7 Å². The number of nitrogens with zero attached hydrogens (tertiary/aromatic N) is 7. The minimum atomic E-state index is 0.0787. The first kappa shape index (κ1) is 22.1. The molecule has 3 fully saturated rings. The Balaban J connectivity index is 1.31. The van der Waals surface area contributed by atoms with E-state index in [2.05, 4.69) is 59.3 Å². The third-order valence-corrected chi connectivity index (χ3v) is 8.43. The molecule has 1 aromatic carbocycles. The Morgan fingerprint density at radius 3 is 2.29 bits per heavy atom. The van der Waals surface area contributed by atoms with E-state index in [0.29, 0.717) is 6.04 Å². The summed E-state index contributed by atoms with van der Waals surface area (Å²) in [7, 11) is 0. The molecule has 3 heterocycles. The third kappa shape index (κ3) is 4.48. The van der Waals surface area contributed by atoms with Crippen molar-refractivity contribution in [3.8, 4) is 0 Å². The van der Waals surface area contributed by atoms with Crippen LogP contribution in [0.25, 0.3) is 10.9 Å². The zero-order valence-corrected chi connectivity index (χ0v) is 20.2. The van der Waals surface area contributed by atoms with Crippen LogP contribution >= 0.6 is 0 Å². The van der Waals surface area contributed by atoms with Gasteiger partial charge in [-0.2, -0.15) is 0 Å². The molecule has 2 saturated carbocycles. The quantitative estimate of drug-likeness (QED) is 0.548. The summed E-state index contributed by atoms with van der Waals surface area (Å²) in [5.74, 6) is 1.02. The lowest BCUT2D eigenvalue weighted by Gasteiger charge is -2.43. The molecule has 2 aromatic heterocycles. The van der Waals surface area contributed by atoms with Gasteiger partial charge in [0.05, 0.1) is 17.6 Å². The highest BCUT2D eigenvalue weighted by molar-refractivity contribution is 5.79. The summed E-state index contributed by atoms with van der Waals surface area (Å²) in [5, 5.41) is 14.6. The first-order chi connectivity index (χ1) is 16.9. The number of hydrogen-bond acceptors (Lipinski definition) is 6. The SMILES string of the molecule is c1cnc2ccc([C@H](c3nnnn3C3CCCCC3)N3CCN(C4CCCCC4)CC3)cc2c1. The molecule has 3 aromatic rings. The highest BCUT2D eigenvalue weighted by Crippen LogP contribution is 2.35. The second-order valence-corrected chi connectivity index (χ2v) is 10.5. The van der Waals surface area contributed by atoms with Crippen LogP contribution in [0.1, 0.15) is 87.7 Å². The van der Waals surface area contributed by atoms with Crippen LogP contribution in [0.15, 0.2) is 36.5 Å². The van der Waals surface area contributed by atoms with Crippen LogP contribution in [0, 0.1) is 0 Å². The number of fused-ring (bicyclic) bond motifs is 1. The van der Waals surface area contributed by atoms with Crippen molar-refractivity contribution in [1.29, 1.82) is 0 Å². The summed E-state index contributed by atoms with van der Waals surface area (Å²) >= 11 is 0. The Hall–Kier alpha value is -2.38. The van der Waals surface area contributed by atoms with Gasteiger partial charge in [-0.05, 0) is 59.9 Å². The predicted molar refractivity (Wildman–Crippen MR) is 134 cm³/mol. The standard InChI is InChI=1S/C27H37N7/c1-3-9-23(10-4-1)32-16-18-33(19-17-32)26(22-13-14-25-21(20-22)8-7-15-28-25)27-29-30-31-34(27)24-11-5-2-6-12-24/h7-8,13-15,20,23-24,26H,1-6,9-12,16-19H2/t26-/m1/s1. The van der Waals surface area contributed by atoms with E-state index in [9.17, 15) is 0 Å². The van der Waals surface area contributed by atoms with Gasteiger partial charge in [0, 0.05) is 43.8 Å². The average molecular weight is 460 g/mol. The zero-order chi connectivity index (χ0) is 22.7. The van der Waals surface area contributed by atoms with Crippen LogP contribution < -0.4 is 0 Å². The summed E-state index contributed by atoms with van der Waals surface area (Å²) in [5.41, 5.74) is 2.32. The first-order valence-electron chi connectivity index (χ1n) is 13.5. The number of rotatable bonds is 5. The van der Waals surface area contributed by atoms with Crippen molar-refractivity contribution in [2.45, 2.75) is 82.3 Å². The van der Waals surface area contributed by atoms with E-state index in [0.717, 1.165) is 43.6 Å². The molecule has 1 saturated heterocycles. The van der Waals surface area contributed by atoms with Gasteiger partial charge in [0.15, 0.2) is 5.82 Å². The summed E-state index contributed by atoms with van der Waals surface area (Å²) in [6.45, 7) is 4.40. The second kappa shape index (κ2) is 10.1. The molecule has 7 heteroatoms. The molecular formula is C27H37N7. The second-order valence-electron chi connectivity index (χ2n) is 10.5. The Morgan fingerprint density at radius 1 is 0.794 bits per heavy atom. The molecule has 1 atom stereocenters. The molecule has 0 bridgehead atoms. The highest BCUT2D eigenvalue weighted by atomic mass is 15.6. The number of aromatic nitrogens is 5. The normalized spacial score (nSPS) is 22.8. The zero-order valence-electron chi connectivity index (χ0n) is 20.2. The molecule has 0 spiro atoms. The Bertz CT molecular complexity index is 1080. The minimum absolute atomic E-state index is 0.0787. The summed E-state index contributed by atoms with van der Waals surface area (Å²) in [6, 6.07) is 12.2. The molecule has 0 N–H and O–H groups in total. The number of tetrazole rings is 1. The van der Waals surface area contributed by atoms with Gasteiger partial charge in [0.25, 0.3) is 0 Å². The van der Waals surface area contributed by atoms with Crippen molar-refractivity contribution in [3.63, 3.8) is 0 Å². The molecule has 0 unspecified atom stereocenters. The number of hydrogen-bond donors (Lipinski definition) is 0. The largest absolute Gasteiger partial charge is 0.298 e. The molecule has 0 amide bonds. The topological polar surface area (TPSA) is 63.0 Å². The molecular weight excluding hydrogens is 422 g/mol. The van der Waals surface area contributed by atoms with Crippen molar-refractivity contribution < 1.29 is 0 Å². The summed E-state index contributed by atoms with van der Waals surface area (Å²) < 4.78 is 2.17. The van der Waals surface area contributed by atoms with Crippen molar-refractivity contribution in [3.05, 3.63) is 47.9 Å². The first-order valence-corrected chi connectivity index (χ1v) is 13.5. The van der Waals surface area contributed by atoms with Gasteiger partial charge < -0.3 is 0 Å². The van der Waals surface area contributed by atoms with Gasteiger partial charge in [0.2, 0.25) is 0 Å². The van der Waals surface area contributed by atoms with Gasteiger partial charge in [-0.15, -0.1) is 5.10 Å². The molecule has 180 valence electrons. The van der Waals surface area contributed by atoms with Crippen molar-refractivity contribution >= 4 is 10.9 Å². The van der Waals surface area contributed by atoms with E-state index in [1.165, 1.54) is 75.2 Å². The van der Waals surface area contributed by atoms with E-state index in [1.807, 2.05) is 12.3 Å².